The van der Waals surface area contributed by atoms with Gasteiger partial charge in [0.25, 0.3) is 0 Å². The molecule has 0 aliphatic heterocycles. The van der Waals surface area contributed by atoms with Crippen LogP contribution in [0.3, 0.4) is 0 Å². The van der Waals surface area contributed by atoms with Crippen LogP contribution in [0.5, 0.6) is 11.5 Å². The number of nitro benzene ring substituents is 1. The smallest absolute Gasteiger partial charge is 0.311 e. The highest BCUT2D eigenvalue weighted by Crippen LogP contribution is 2.32. The van der Waals surface area contributed by atoms with Crippen molar-refractivity contribution in [2.45, 2.75) is 19.4 Å². The van der Waals surface area contributed by atoms with Crippen molar-refractivity contribution in [3.63, 3.8) is 0 Å². The first-order valence-corrected chi connectivity index (χ1v) is 6.93. The summed E-state index contributed by atoms with van der Waals surface area (Å²) in [5.74, 6) is 0.0624. The zero-order valence-electron chi connectivity index (χ0n) is 12.6. The van der Waals surface area contributed by atoms with Crippen molar-refractivity contribution in [1.82, 2.24) is 0 Å². The molecule has 23 heavy (non-hydrogen) atoms. The maximum absolute atomic E-state index is 11.0. The van der Waals surface area contributed by atoms with Crippen molar-refractivity contribution >= 4 is 11.6 Å². The van der Waals surface area contributed by atoms with Gasteiger partial charge in [0.2, 0.25) is 11.7 Å². The molecule has 0 radical (unpaired) electrons. The molecule has 0 spiro atoms. The summed E-state index contributed by atoms with van der Waals surface area (Å²) in [6.07, 6.45) is 0.320. The molecule has 7 nitrogen and oxygen atoms in total. The van der Waals surface area contributed by atoms with Crippen molar-refractivity contribution in [3.05, 3.63) is 63.7 Å². The summed E-state index contributed by atoms with van der Waals surface area (Å²) in [7, 11) is 0. The van der Waals surface area contributed by atoms with Gasteiger partial charge in [-0.3, -0.25) is 14.9 Å². The summed E-state index contributed by atoms with van der Waals surface area (Å²) in [5.41, 5.74) is 12.3. The van der Waals surface area contributed by atoms with Crippen LogP contribution >= 0.6 is 0 Å². The van der Waals surface area contributed by atoms with Gasteiger partial charge in [-0.2, -0.15) is 0 Å². The molecule has 2 aromatic rings. The van der Waals surface area contributed by atoms with E-state index in [0.29, 0.717) is 12.2 Å². The number of nitrogens with zero attached hydrogens (tertiary/aromatic N) is 1. The van der Waals surface area contributed by atoms with Crippen LogP contribution in [0.25, 0.3) is 0 Å². The molecular formula is C16H17N3O4. The minimum atomic E-state index is -0.750. The zero-order valence-corrected chi connectivity index (χ0v) is 12.6. The van der Waals surface area contributed by atoms with E-state index in [2.05, 4.69) is 0 Å². The Morgan fingerprint density at radius 3 is 2.48 bits per heavy atom. The lowest BCUT2D eigenvalue weighted by molar-refractivity contribution is -0.385. The fraction of sp³-hybridized carbons (Fsp3) is 0.188. The number of nitrogens with two attached hydrogens (primary N) is 2. The summed E-state index contributed by atoms with van der Waals surface area (Å²) in [6.45, 7) is 1.82. The molecule has 0 aliphatic carbocycles. The predicted octanol–water partition coefficient (Wildman–Crippen LogP) is 2.05. The lowest BCUT2D eigenvalue weighted by Crippen LogP contribution is -2.38. The van der Waals surface area contributed by atoms with Crippen LogP contribution in [0.2, 0.25) is 0 Å². The first-order chi connectivity index (χ1) is 10.9. The monoisotopic (exact) mass is 315 g/mol. The third-order valence-corrected chi connectivity index (χ3v) is 3.28. The van der Waals surface area contributed by atoms with Gasteiger partial charge in [0.15, 0.2) is 0 Å². The number of hydrogen-bond acceptors (Lipinski definition) is 5. The van der Waals surface area contributed by atoms with Gasteiger partial charge in [-0.25, -0.2) is 0 Å². The second kappa shape index (κ2) is 6.89. The number of ether oxygens (including phenoxy) is 1. The molecule has 0 heterocycles. The van der Waals surface area contributed by atoms with Gasteiger partial charge >= 0.3 is 5.69 Å². The minimum Gasteiger partial charge on any atom is -0.450 e. The Hall–Kier alpha value is -2.93. The van der Waals surface area contributed by atoms with E-state index in [-0.39, 0.29) is 11.4 Å². The molecule has 0 unspecified atom stereocenters. The van der Waals surface area contributed by atoms with Crippen molar-refractivity contribution in [2.24, 2.45) is 11.5 Å². The summed E-state index contributed by atoms with van der Waals surface area (Å²) in [4.78, 5) is 21.5. The number of carbonyl (C=O) groups excluding carboxylic acids is 1. The summed E-state index contributed by atoms with van der Waals surface area (Å²) < 4.78 is 5.59. The van der Waals surface area contributed by atoms with E-state index in [1.807, 2.05) is 6.92 Å². The zero-order chi connectivity index (χ0) is 17.0. The number of benzene rings is 2. The van der Waals surface area contributed by atoms with E-state index in [1.165, 1.54) is 6.07 Å². The van der Waals surface area contributed by atoms with Crippen LogP contribution in [0.15, 0.2) is 42.5 Å². The highest BCUT2D eigenvalue weighted by Gasteiger charge is 2.16. The lowest BCUT2D eigenvalue weighted by Gasteiger charge is -2.10. The van der Waals surface area contributed by atoms with Crippen LogP contribution in [0.1, 0.15) is 11.1 Å². The molecule has 120 valence electrons. The standard InChI is InChI=1S/C16H17N3O4/c1-10-2-7-14(19(21)22)15(8-10)23-12-5-3-11(4-6-12)9-13(17)16(18)20/h2-8,13H,9,17H2,1H3,(H2,18,20)/t13-/m1/s1. The number of amides is 1. The molecule has 2 rings (SSSR count). The Morgan fingerprint density at radius 1 is 1.26 bits per heavy atom. The van der Waals surface area contributed by atoms with Gasteiger partial charge in [-0.05, 0) is 42.7 Å². The molecule has 0 aliphatic rings. The van der Waals surface area contributed by atoms with Crippen molar-refractivity contribution in [1.29, 1.82) is 0 Å². The van der Waals surface area contributed by atoms with Crippen LogP contribution in [0.4, 0.5) is 5.69 Å². The Morgan fingerprint density at radius 2 is 1.91 bits per heavy atom. The van der Waals surface area contributed by atoms with E-state index in [1.54, 1.807) is 36.4 Å². The van der Waals surface area contributed by atoms with E-state index >= 15 is 0 Å². The van der Waals surface area contributed by atoms with Crippen LogP contribution in [-0.4, -0.2) is 16.9 Å². The summed E-state index contributed by atoms with van der Waals surface area (Å²) >= 11 is 0. The molecule has 7 heteroatoms. The van der Waals surface area contributed by atoms with E-state index in [9.17, 15) is 14.9 Å². The molecule has 2 aromatic carbocycles. The van der Waals surface area contributed by atoms with Gasteiger partial charge in [0, 0.05) is 6.07 Å². The second-order valence-corrected chi connectivity index (χ2v) is 5.19. The van der Waals surface area contributed by atoms with Crippen molar-refractivity contribution in [3.8, 4) is 11.5 Å². The number of aryl methyl sites for hydroxylation is 1. The molecule has 1 atom stereocenters. The Bertz CT molecular complexity index is 729. The molecule has 0 saturated carbocycles. The number of primary amides is 1. The van der Waals surface area contributed by atoms with Crippen LogP contribution in [0, 0.1) is 17.0 Å². The molecule has 4 N–H and O–H groups in total. The van der Waals surface area contributed by atoms with E-state index < -0.39 is 16.9 Å². The SMILES string of the molecule is Cc1ccc([N+](=O)[O-])c(Oc2ccc(C[C@@H](N)C(N)=O)cc2)c1. The Kier molecular flexibility index (Phi) is 4.92. The van der Waals surface area contributed by atoms with Crippen LogP contribution < -0.4 is 16.2 Å². The minimum absolute atomic E-state index is 0.101. The summed E-state index contributed by atoms with van der Waals surface area (Å²) in [5, 5.41) is 11.0. The third kappa shape index (κ3) is 4.27. The topological polar surface area (TPSA) is 121 Å². The van der Waals surface area contributed by atoms with Crippen LogP contribution in [-0.2, 0) is 11.2 Å². The van der Waals surface area contributed by atoms with Gasteiger partial charge in [-0.1, -0.05) is 18.2 Å². The fourth-order valence-electron chi connectivity index (χ4n) is 2.03. The molecule has 0 fully saturated rings. The highest BCUT2D eigenvalue weighted by molar-refractivity contribution is 5.79. The summed E-state index contributed by atoms with van der Waals surface area (Å²) in [6, 6.07) is 10.7. The fourth-order valence-corrected chi connectivity index (χ4v) is 2.03. The molecular weight excluding hydrogens is 298 g/mol. The maximum atomic E-state index is 11.0. The van der Waals surface area contributed by atoms with Crippen molar-refractivity contribution < 1.29 is 14.5 Å². The second-order valence-electron chi connectivity index (χ2n) is 5.19. The Balaban J connectivity index is 2.17. The number of rotatable bonds is 6. The molecule has 0 saturated heterocycles. The number of hydrogen-bond donors (Lipinski definition) is 2. The average Bonchev–Trinajstić information content (AvgIpc) is 2.49. The number of carbonyl (C=O) groups is 1. The quantitative estimate of drug-likeness (QED) is 0.624. The van der Waals surface area contributed by atoms with E-state index in [4.69, 9.17) is 16.2 Å². The van der Waals surface area contributed by atoms with Gasteiger partial charge < -0.3 is 16.2 Å². The maximum Gasteiger partial charge on any atom is 0.311 e. The van der Waals surface area contributed by atoms with Gasteiger partial charge in [0.05, 0.1) is 11.0 Å². The van der Waals surface area contributed by atoms with E-state index in [0.717, 1.165) is 11.1 Å². The third-order valence-electron chi connectivity index (χ3n) is 3.28. The normalized spacial score (nSPS) is 11.7. The largest absolute Gasteiger partial charge is 0.450 e. The molecule has 1 amide bonds. The first-order valence-electron chi connectivity index (χ1n) is 6.93. The van der Waals surface area contributed by atoms with Gasteiger partial charge in [0.1, 0.15) is 5.75 Å². The lowest BCUT2D eigenvalue weighted by atomic mass is 10.1. The highest BCUT2D eigenvalue weighted by atomic mass is 16.6. The molecule has 0 aromatic heterocycles. The molecule has 0 bridgehead atoms. The van der Waals surface area contributed by atoms with Crippen molar-refractivity contribution in [2.75, 3.05) is 0 Å². The Labute approximate surface area is 133 Å². The van der Waals surface area contributed by atoms with Gasteiger partial charge in [-0.15, -0.1) is 0 Å². The number of nitro groups is 1. The average molecular weight is 315 g/mol. The predicted molar refractivity (Wildman–Crippen MR) is 85.2 cm³/mol. The first kappa shape index (κ1) is 16.4.